The minimum atomic E-state index is 0.197. The first-order valence-electron chi connectivity index (χ1n) is 11.2. The first kappa shape index (κ1) is 20.8. The van der Waals surface area contributed by atoms with Crippen LogP contribution in [0.2, 0.25) is 0 Å². The van der Waals surface area contributed by atoms with Crippen molar-refractivity contribution in [1.29, 1.82) is 0 Å². The highest BCUT2D eigenvalue weighted by Gasteiger charge is 2.32. The van der Waals surface area contributed by atoms with Crippen LogP contribution in [-0.2, 0) is 16.1 Å². The van der Waals surface area contributed by atoms with Crippen LogP contribution >= 0.6 is 11.8 Å². The molecule has 0 N–H and O–H groups in total. The molecule has 0 bridgehead atoms. The highest BCUT2D eigenvalue weighted by molar-refractivity contribution is 7.99. The number of rotatable bonds is 7. The normalized spacial score (nSPS) is 20.3. The lowest BCUT2D eigenvalue weighted by atomic mass is 10.2. The molecule has 0 atom stereocenters. The predicted octanol–water partition coefficient (Wildman–Crippen LogP) is 1.89. The summed E-state index contributed by atoms with van der Waals surface area (Å²) in [6.07, 6.45) is 2.33. The highest BCUT2D eigenvalue weighted by Crippen LogP contribution is 2.41. The fourth-order valence-electron chi connectivity index (χ4n) is 4.21. The molecular weight excluding hydrogens is 412 g/mol. The molecular formula is C22H30N6O2S. The molecule has 0 spiro atoms. The average Bonchev–Trinajstić information content (AvgIpc) is 3.58. The number of ether oxygens (including phenoxy) is 1. The van der Waals surface area contributed by atoms with Gasteiger partial charge in [-0.05, 0) is 18.4 Å². The molecule has 8 nitrogen and oxygen atoms in total. The minimum Gasteiger partial charge on any atom is -0.378 e. The van der Waals surface area contributed by atoms with E-state index >= 15 is 0 Å². The van der Waals surface area contributed by atoms with Crippen LogP contribution in [0, 0.1) is 0 Å². The van der Waals surface area contributed by atoms with Gasteiger partial charge < -0.3 is 14.5 Å². The highest BCUT2D eigenvalue weighted by atomic mass is 32.2. The predicted molar refractivity (Wildman–Crippen MR) is 120 cm³/mol. The largest absolute Gasteiger partial charge is 0.378 e. The Kier molecular flexibility index (Phi) is 6.42. The van der Waals surface area contributed by atoms with Gasteiger partial charge in [0.25, 0.3) is 0 Å². The van der Waals surface area contributed by atoms with Crippen molar-refractivity contribution in [2.45, 2.75) is 30.6 Å². The van der Waals surface area contributed by atoms with Crippen molar-refractivity contribution in [2.75, 3.05) is 63.1 Å². The lowest BCUT2D eigenvalue weighted by Gasteiger charge is -2.34. The summed E-state index contributed by atoms with van der Waals surface area (Å²) in [5.74, 6) is 1.56. The van der Waals surface area contributed by atoms with E-state index in [1.165, 1.54) is 30.2 Å². The molecule has 1 aromatic carbocycles. The van der Waals surface area contributed by atoms with Crippen molar-refractivity contribution >= 4 is 23.6 Å². The number of piperazine rings is 1. The molecule has 2 saturated heterocycles. The molecule has 9 heteroatoms. The van der Waals surface area contributed by atoms with Gasteiger partial charge in [0.05, 0.1) is 19.0 Å². The fourth-order valence-corrected chi connectivity index (χ4v) is 5.12. The van der Waals surface area contributed by atoms with Gasteiger partial charge in [0.1, 0.15) is 0 Å². The van der Waals surface area contributed by atoms with E-state index in [1.54, 1.807) is 0 Å². The number of hydrogen-bond acceptors (Lipinski definition) is 7. The summed E-state index contributed by atoms with van der Waals surface area (Å²) in [5, 5.41) is 9.79. The molecule has 0 unspecified atom stereocenters. The number of thioether (sulfide) groups is 1. The monoisotopic (exact) mass is 442 g/mol. The van der Waals surface area contributed by atoms with Crippen molar-refractivity contribution in [3.63, 3.8) is 0 Å². The second-order valence-electron chi connectivity index (χ2n) is 8.41. The molecule has 1 saturated carbocycles. The molecule has 1 aliphatic carbocycles. The van der Waals surface area contributed by atoms with Crippen molar-refractivity contribution in [3.8, 4) is 0 Å². The van der Waals surface area contributed by atoms with Crippen LogP contribution < -0.4 is 4.90 Å². The maximum absolute atomic E-state index is 12.8. The van der Waals surface area contributed by atoms with Gasteiger partial charge >= 0.3 is 0 Å². The van der Waals surface area contributed by atoms with Crippen molar-refractivity contribution < 1.29 is 9.53 Å². The molecule has 0 radical (unpaired) electrons. The molecule has 1 amide bonds. The van der Waals surface area contributed by atoms with Gasteiger partial charge in [-0.3, -0.25) is 14.3 Å². The summed E-state index contributed by atoms with van der Waals surface area (Å²) >= 11 is 1.53. The zero-order valence-corrected chi connectivity index (χ0v) is 18.7. The zero-order chi connectivity index (χ0) is 21.0. The van der Waals surface area contributed by atoms with Gasteiger partial charge in [-0.15, -0.1) is 10.2 Å². The Labute approximate surface area is 187 Å². The lowest BCUT2D eigenvalue weighted by Crippen LogP contribution is -2.48. The van der Waals surface area contributed by atoms with E-state index in [1.807, 2.05) is 11.0 Å². The number of nitrogens with zero attached hydrogens (tertiary/aromatic N) is 6. The topological polar surface area (TPSA) is 66.7 Å². The Morgan fingerprint density at radius 2 is 1.74 bits per heavy atom. The van der Waals surface area contributed by atoms with E-state index in [9.17, 15) is 4.79 Å². The Morgan fingerprint density at radius 1 is 1.00 bits per heavy atom. The van der Waals surface area contributed by atoms with E-state index in [0.717, 1.165) is 70.1 Å². The van der Waals surface area contributed by atoms with Crippen molar-refractivity contribution in [2.24, 2.45) is 0 Å². The van der Waals surface area contributed by atoms with Crippen LogP contribution in [-0.4, -0.2) is 88.7 Å². The van der Waals surface area contributed by atoms with Crippen LogP contribution in [0.15, 0.2) is 35.5 Å². The van der Waals surface area contributed by atoms with Crippen LogP contribution in [0.3, 0.4) is 0 Å². The first-order valence-corrected chi connectivity index (χ1v) is 12.2. The molecule has 2 aromatic rings. The quantitative estimate of drug-likeness (QED) is 0.607. The van der Waals surface area contributed by atoms with Gasteiger partial charge in [0.2, 0.25) is 11.9 Å². The number of carbonyl (C=O) groups is 1. The van der Waals surface area contributed by atoms with Gasteiger partial charge in [-0.1, -0.05) is 42.1 Å². The molecule has 2 aliphatic heterocycles. The van der Waals surface area contributed by atoms with E-state index in [2.05, 4.69) is 48.8 Å². The summed E-state index contributed by atoms with van der Waals surface area (Å²) < 4.78 is 7.72. The average molecular weight is 443 g/mol. The molecule has 1 aromatic heterocycles. The lowest BCUT2D eigenvalue weighted by molar-refractivity contribution is -0.130. The molecule has 5 rings (SSSR count). The Morgan fingerprint density at radius 3 is 2.45 bits per heavy atom. The smallest absolute Gasteiger partial charge is 0.233 e. The third kappa shape index (κ3) is 5.05. The number of anilines is 1. The second-order valence-corrected chi connectivity index (χ2v) is 9.36. The van der Waals surface area contributed by atoms with Gasteiger partial charge in [0, 0.05) is 51.9 Å². The minimum absolute atomic E-state index is 0.197. The number of amides is 1. The number of carbonyl (C=O) groups excluding carboxylic acids is 1. The van der Waals surface area contributed by atoms with E-state index < -0.39 is 0 Å². The van der Waals surface area contributed by atoms with Crippen LogP contribution in [0.25, 0.3) is 0 Å². The van der Waals surface area contributed by atoms with Crippen molar-refractivity contribution in [3.05, 3.63) is 35.9 Å². The summed E-state index contributed by atoms with van der Waals surface area (Å²) in [5.41, 5.74) is 1.33. The third-order valence-electron chi connectivity index (χ3n) is 6.15. The molecule has 3 heterocycles. The third-order valence-corrected chi connectivity index (χ3v) is 7.08. The molecule has 166 valence electrons. The maximum atomic E-state index is 12.8. The van der Waals surface area contributed by atoms with E-state index in [-0.39, 0.29) is 5.91 Å². The SMILES string of the molecule is O=C(CSc1nnc(N2CCOCC2)n1C1CC1)N1CCN(Cc2ccccc2)CC1. The van der Waals surface area contributed by atoms with Gasteiger partial charge in [-0.25, -0.2) is 0 Å². The first-order chi connectivity index (χ1) is 15.3. The zero-order valence-electron chi connectivity index (χ0n) is 17.9. The van der Waals surface area contributed by atoms with E-state index in [4.69, 9.17) is 4.74 Å². The Balaban J connectivity index is 1.14. The maximum Gasteiger partial charge on any atom is 0.233 e. The van der Waals surface area contributed by atoms with Crippen LogP contribution in [0.4, 0.5) is 5.95 Å². The summed E-state index contributed by atoms with van der Waals surface area (Å²) in [6, 6.07) is 11.0. The number of aromatic nitrogens is 3. The van der Waals surface area contributed by atoms with Gasteiger partial charge in [0.15, 0.2) is 5.16 Å². The van der Waals surface area contributed by atoms with Crippen molar-refractivity contribution in [1.82, 2.24) is 24.6 Å². The fraction of sp³-hybridized carbons (Fsp3) is 0.591. The standard InChI is InChI=1S/C22H30N6O2S/c29-20(26-10-8-25(9-11-26)16-18-4-2-1-3-5-18)17-31-22-24-23-21(28(22)19-6-7-19)27-12-14-30-15-13-27/h1-5,19H,6-17H2. The molecule has 31 heavy (non-hydrogen) atoms. The summed E-state index contributed by atoms with van der Waals surface area (Å²) in [6.45, 7) is 7.54. The Hall–Kier alpha value is -2.10. The summed E-state index contributed by atoms with van der Waals surface area (Å²) in [7, 11) is 0. The van der Waals surface area contributed by atoms with Gasteiger partial charge in [-0.2, -0.15) is 0 Å². The number of morpholine rings is 1. The second kappa shape index (κ2) is 9.58. The molecule has 3 aliphatic rings. The number of hydrogen-bond donors (Lipinski definition) is 0. The van der Waals surface area contributed by atoms with Crippen LogP contribution in [0.5, 0.6) is 0 Å². The summed E-state index contributed by atoms with van der Waals surface area (Å²) in [4.78, 5) is 19.5. The Bertz CT molecular complexity index is 873. The number of benzene rings is 1. The molecule has 3 fully saturated rings. The van der Waals surface area contributed by atoms with Crippen LogP contribution in [0.1, 0.15) is 24.4 Å². The van der Waals surface area contributed by atoms with E-state index in [0.29, 0.717) is 11.8 Å².